The minimum absolute atomic E-state index is 0.0874. The number of carbonyl (C=O) groups is 1. The van der Waals surface area contributed by atoms with Gasteiger partial charge in [0, 0.05) is 18.1 Å². The number of aromatic nitrogens is 3. The minimum atomic E-state index is -0.0874. The number of amides is 1. The number of carbonyl (C=O) groups excluding carboxylic acids is 1. The van der Waals surface area contributed by atoms with Crippen molar-refractivity contribution in [1.82, 2.24) is 15.2 Å². The zero-order valence-electron chi connectivity index (χ0n) is 13.0. The van der Waals surface area contributed by atoms with Crippen molar-refractivity contribution in [3.05, 3.63) is 48.7 Å². The summed E-state index contributed by atoms with van der Waals surface area (Å²) in [5, 5.41) is 11.6. The highest BCUT2D eigenvalue weighted by molar-refractivity contribution is 7.22. The number of nitrogens with zero attached hydrogens (tertiary/aromatic N) is 3. The molecule has 0 atom stereocenters. The third kappa shape index (κ3) is 2.81. The van der Waals surface area contributed by atoms with Gasteiger partial charge >= 0.3 is 0 Å². The molecule has 0 aliphatic heterocycles. The van der Waals surface area contributed by atoms with Crippen LogP contribution in [0.1, 0.15) is 0 Å². The van der Waals surface area contributed by atoms with Gasteiger partial charge in [0.05, 0.1) is 28.5 Å². The number of anilines is 2. The second-order valence-electron chi connectivity index (χ2n) is 5.54. The highest BCUT2D eigenvalue weighted by Crippen LogP contribution is 2.27. The van der Waals surface area contributed by atoms with Gasteiger partial charge in [0.15, 0.2) is 5.13 Å². The molecule has 2 aromatic heterocycles. The van der Waals surface area contributed by atoms with Gasteiger partial charge in [-0.15, -0.1) is 0 Å². The molecule has 0 aliphatic rings. The largest absolute Gasteiger partial charge is 0.342 e. The van der Waals surface area contributed by atoms with E-state index in [1.807, 2.05) is 54.4 Å². The summed E-state index contributed by atoms with van der Waals surface area (Å²) in [4.78, 5) is 18.7. The van der Waals surface area contributed by atoms with Gasteiger partial charge in [-0.25, -0.2) is 4.98 Å². The number of rotatable bonds is 4. The standard InChI is InChI=1S/C17H15N5OS/c1-22(17-20-13-4-2-3-5-15(13)24-17)10-16(23)19-12-7-6-11-9-18-21-14(11)8-12/h2-9H,10H2,1H3,(H,18,21)(H,19,23). The molecule has 0 radical (unpaired) electrons. The molecule has 0 unspecified atom stereocenters. The highest BCUT2D eigenvalue weighted by Gasteiger charge is 2.12. The molecule has 6 nitrogen and oxygen atoms in total. The van der Waals surface area contributed by atoms with E-state index in [0.29, 0.717) is 0 Å². The number of hydrogen-bond acceptors (Lipinski definition) is 5. The Labute approximate surface area is 142 Å². The maximum Gasteiger partial charge on any atom is 0.243 e. The zero-order valence-corrected chi connectivity index (χ0v) is 13.8. The van der Waals surface area contributed by atoms with Gasteiger partial charge in [-0.3, -0.25) is 9.89 Å². The predicted molar refractivity (Wildman–Crippen MR) is 97.6 cm³/mol. The summed E-state index contributed by atoms with van der Waals surface area (Å²) in [6.07, 6.45) is 1.75. The van der Waals surface area contributed by atoms with Crippen LogP contribution < -0.4 is 10.2 Å². The SMILES string of the molecule is CN(CC(=O)Nc1ccc2cn[nH]c2c1)c1nc2ccccc2s1. The first-order valence-corrected chi connectivity index (χ1v) is 8.30. The highest BCUT2D eigenvalue weighted by atomic mass is 32.1. The molecule has 4 aromatic rings. The second-order valence-corrected chi connectivity index (χ2v) is 6.55. The summed E-state index contributed by atoms with van der Waals surface area (Å²) in [5.41, 5.74) is 2.59. The van der Waals surface area contributed by atoms with E-state index in [9.17, 15) is 4.79 Å². The lowest BCUT2D eigenvalue weighted by Crippen LogP contribution is -2.29. The molecule has 2 aromatic carbocycles. The minimum Gasteiger partial charge on any atom is -0.342 e. The van der Waals surface area contributed by atoms with Crippen LogP contribution in [0, 0.1) is 0 Å². The van der Waals surface area contributed by atoms with Crippen molar-refractivity contribution in [2.24, 2.45) is 0 Å². The van der Waals surface area contributed by atoms with E-state index < -0.39 is 0 Å². The number of nitrogens with one attached hydrogen (secondary N) is 2. The van der Waals surface area contributed by atoms with Crippen molar-refractivity contribution >= 4 is 49.2 Å². The topological polar surface area (TPSA) is 73.9 Å². The second kappa shape index (κ2) is 5.93. The molecule has 0 spiro atoms. The van der Waals surface area contributed by atoms with Gasteiger partial charge in [0.25, 0.3) is 0 Å². The third-order valence-corrected chi connectivity index (χ3v) is 4.87. The van der Waals surface area contributed by atoms with Crippen LogP contribution in [-0.2, 0) is 4.79 Å². The Bertz CT molecular complexity index is 989. The Morgan fingerprint density at radius 2 is 2.17 bits per heavy atom. The summed E-state index contributed by atoms with van der Waals surface area (Å²) in [6, 6.07) is 13.6. The fourth-order valence-electron chi connectivity index (χ4n) is 2.52. The monoisotopic (exact) mass is 337 g/mol. The molecule has 2 heterocycles. The van der Waals surface area contributed by atoms with Gasteiger partial charge < -0.3 is 10.2 Å². The lowest BCUT2D eigenvalue weighted by Gasteiger charge is -2.15. The molecule has 120 valence electrons. The number of aromatic amines is 1. The smallest absolute Gasteiger partial charge is 0.243 e. The Balaban J connectivity index is 1.46. The molecule has 2 N–H and O–H groups in total. The van der Waals surface area contributed by atoms with E-state index >= 15 is 0 Å². The fraction of sp³-hybridized carbons (Fsp3) is 0.118. The number of thiazole rings is 1. The van der Waals surface area contributed by atoms with Crippen molar-refractivity contribution < 1.29 is 4.79 Å². The summed E-state index contributed by atoms with van der Waals surface area (Å²) in [6.45, 7) is 0.237. The Morgan fingerprint density at radius 1 is 1.29 bits per heavy atom. The normalized spacial score (nSPS) is 11.0. The number of fused-ring (bicyclic) bond motifs is 2. The zero-order chi connectivity index (χ0) is 16.5. The summed E-state index contributed by atoms with van der Waals surface area (Å²) in [7, 11) is 1.87. The first-order chi connectivity index (χ1) is 11.7. The third-order valence-electron chi connectivity index (χ3n) is 3.72. The van der Waals surface area contributed by atoms with Gasteiger partial charge in [-0.1, -0.05) is 23.5 Å². The van der Waals surface area contributed by atoms with Crippen LogP contribution in [0.25, 0.3) is 21.1 Å². The van der Waals surface area contributed by atoms with Crippen LogP contribution in [-0.4, -0.2) is 34.7 Å². The van der Waals surface area contributed by atoms with E-state index in [0.717, 1.165) is 31.9 Å². The first-order valence-electron chi connectivity index (χ1n) is 7.49. The molecular weight excluding hydrogens is 322 g/mol. The van der Waals surface area contributed by atoms with Crippen LogP contribution in [0.3, 0.4) is 0 Å². The molecule has 4 rings (SSSR count). The average molecular weight is 337 g/mol. The van der Waals surface area contributed by atoms with Gasteiger partial charge in [-0.2, -0.15) is 5.10 Å². The number of H-pyrrole nitrogens is 1. The number of hydrogen-bond donors (Lipinski definition) is 2. The predicted octanol–water partition coefficient (Wildman–Crippen LogP) is 3.25. The van der Waals surface area contributed by atoms with Gasteiger partial charge in [-0.05, 0) is 30.3 Å². The van der Waals surface area contributed by atoms with Crippen LogP contribution in [0.4, 0.5) is 10.8 Å². The van der Waals surface area contributed by atoms with E-state index in [4.69, 9.17) is 0 Å². The molecule has 0 aliphatic carbocycles. The Morgan fingerprint density at radius 3 is 3.04 bits per heavy atom. The first kappa shape index (κ1) is 14.6. The maximum absolute atomic E-state index is 12.3. The molecule has 0 saturated carbocycles. The van der Waals surface area contributed by atoms with E-state index in [1.54, 1.807) is 17.5 Å². The van der Waals surface area contributed by atoms with E-state index in [-0.39, 0.29) is 12.5 Å². The van der Waals surface area contributed by atoms with Crippen LogP contribution in [0.2, 0.25) is 0 Å². The molecule has 24 heavy (non-hydrogen) atoms. The number of likely N-dealkylation sites (N-methyl/N-ethyl adjacent to an activating group) is 1. The van der Waals surface area contributed by atoms with Gasteiger partial charge in [0.1, 0.15) is 0 Å². The quantitative estimate of drug-likeness (QED) is 0.599. The van der Waals surface area contributed by atoms with E-state index in [2.05, 4.69) is 20.5 Å². The summed E-state index contributed by atoms with van der Waals surface area (Å²) in [5.74, 6) is -0.0874. The van der Waals surface area contributed by atoms with Gasteiger partial charge in [0.2, 0.25) is 5.91 Å². The van der Waals surface area contributed by atoms with Crippen LogP contribution >= 0.6 is 11.3 Å². The molecule has 7 heteroatoms. The maximum atomic E-state index is 12.3. The van der Waals surface area contributed by atoms with Crippen molar-refractivity contribution in [2.75, 3.05) is 23.8 Å². The average Bonchev–Trinajstić information content (AvgIpc) is 3.20. The van der Waals surface area contributed by atoms with Crippen LogP contribution in [0.5, 0.6) is 0 Å². The number of para-hydroxylation sites is 1. The molecule has 0 bridgehead atoms. The summed E-state index contributed by atoms with van der Waals surface area (Å²) < 4.78 is 1.12. The molecular formula is C17H15N5OS. The van der Waals surface area contributed by atoms with Crippen LogP contribution in [0.15, 0.2) is 48.7 Å². The number of benzene rings is 2. The fourth-order valence-corrected chi connectivity index (χ4v) is 3.45. The van der Waals surface area contributed by atoms with Crippen molar-refractivity contribution in [3.63, 3.8) is 0 Å². The lowest BCUT2D eigenvalue weighted by molar-refractivity contribution is -0.114. The molecule has 0 fully saturated rings. The molecule has 0 saturated heterocycles. The summed E-state index contributed by atoms with van der Waals surface area (Å²) >= 11 is 1.58. The van der Waals surface area contributed by atoms with Crippen molar-refractivity contribution in [2.45, 2.75) is 0 Å². The van der Waals surface area contributed by atoms with Crippen molar-refractivity contribution in [3.8, 4) is 0 Å². The van der Waals surface area contributed by atoms with Crippen molar-refractivity contribution in [1.29, 1.82) is 0 Å². The Hall–Kier alpha value is -2.93. The lowest BCUT2D eigenvalue weighted by atomic mass is 10.2. The molecule has 1 amide bonds. The Kier molecular flexibility index (Phi) is 3.62. The van der Waals surface area contributed by atoms with E-state index in [1.165, 1.54) is 0 Å².